The molecule has 1 unspecified atom stereocenters. The number of benzene rings is 1. The molecule has 1 saturated heterocycles. The molecule has 1 aromatic rings. The summed E-state index contributed by atoms with van der Waals surface area (Å²) in [6, 6.07) is 7.34. The van der Waals surface area contributed by atoms with Crippen LogP contribution in [0.15, 0.2) is 24.3 Å². The number of carbonyl (C=O) groups is 1. The third kappa shape index (κ3) is 3.28. The summed E-state index contributed by atoms with van der Waals surface area (Å²) in [6.07, 6.45) is 2.23. The molecule has 2 rings (SSSR count). The highest BCUT2D eigenvalue weighted by molar-refractivity contribution is 6.33. The van der Waals surface area contributed by atoms with Crippen molar-refractivity contribution in [2.24, 2.45) is 11.3 Å². The Morgan fingerprint density at radius 3 is 2.79 bits per heavy atom. The normalized spacial score (nSPS) is 20.1. The smallest absolute Gasteiger partial charge is 0.230 e. The molecule has 1 aromatic carbocycles. The Morgan fingerprint density at radius 2 is 2.16 bits per heavy atom. The highest BCUT2D eigenvalue weighted by atomic mass is 35.5. The van der Waals surface area contributed by atoms with Crippen LogP contribution in [0, 0.1) is 11.3 Å². The Bertz CT molecular complexity index is 453. The summed E-state index contributed by atoms with van der Waals surface area (Å²) >= 11 is 6.08. The van der Waals surface area contributed by atoms with E-state index in [-0.39, 0.29) is 5.91 Å². The van der Waals surface area contributed by atoms with Crippen molar-refractivity contribution in [1.29, 1.82) is 0 Å². The van der Waals surface area contributed by atoms with Crippen LogP contribution in [0.25, 0.3) is 0 Å². The average molecular weight is 281 g/mol. The highest BCUT2D eigenvalue weighted by Crippen LogP contribution is 2.33. The van der Waals surface area contributed by atoms with Gasteiger partial charge in [0, 0.05) is 5.41 Å². The lowest BCUT2D eigenvalue weighted by molar-refractivity contribution is -0.127. The average Bonchev–Trinajstić information content (AvgIpc) is 2.42. The zero-order valence-electron chi connectivity index (χ0n) is 11.5. The van der Waals surface area contributed by atoms with Crippen LogP contribution in [-0.4, -0.2) is 19.0 Å². The van der Waals surface area contributed by atoms with Crippen molar-refractivity contribution < 1.29 is 4.79 Å². The molecule has 0 bridgehead atoms. The Kier molecular flexibility index (Phi) is 4.48. The molecular weight excluding hydrogens is 260 g/mol. The SMILES string of the molecule is CC(C)(C(=O)Nc1ccccc1Cl)C1CCCNC1. The van der Waals surface area contributed by atoms with Gasteiger partial charge in [-0.25, -0.2) is 0 Å². The van der Waals surface area contributed by atoms with Gasteiger partial charge in [0.25, 0.3) is 0 Å². The van der Waals surface area contributed by atoms with E-state index in [4.69, 9.17) is 11.6 Å². The van der Waals surface area contributed by atoms with Gasteiger partial charge < -0.3 is 10.6 Å². The molecule has 0 saturated carbocycles. The standard InChI is InChI=1S/C15H21ClN2O/c1-15(2,11-6-5-9-17-10-11)14(19)18-13-8-4-3-7-12(13)16/h3-4,7-8,11,17H,5-6,9-10H2,1-2H3,(H,18,19). The lowest BCUT2D eigenvalue weighted by Crippen LogP contribution is -2.44. The van der Waals surface area contributed by atoms with Gasteiger partial charge in [0.05, 0.1) is 10.7 Å². The third-order valence-electron chi connectivity index (χ3n) is 4.02. The van der Waals surface area contributed by atoms with E-state index in [1.165, 1.54) is 0 Å². The molecule has 1 atom stereocenters. The molecule has 104 valence electrons. The van der Waals surface area contributed by atoms with E-state index in [0.717, 1.165) is 25.9 Å². The number of hydrogen-bond acceptors (Lipinski definition) is 2. The predicted molar refractivity (Wildman–Crippen MR) is 79.5 cm³/mol. The van der Waals surface area contributed by atoms with Gasteiger partial charge in [-0.15, -0.1) is 0 Å². The van der Waals surface area contributed by atoms with Gasteiger partial charge in [0.2, 0.25) is 5.91 Å². The molecule has 1 amide bonds. The number of amides is 1. The molecule has 0 aromatic heterocycles. The number of hydrogen-bond donors (Lipinski definition) is 2. The summed E-state index contributed by atoms with van der Waals surface area (Å²) < 4.78 is 0. The fourth-order valence-electron chi connectivity index (χ4n) is 2.50. The largest absolute Gasteiger partial charge is 0.324 e. The van der Waals surface area contributed by atoms with Crippen molar-refractivity contribution in [1.82, 2.24) is 5.32 Å². The van der Waals surface area contributed by atoms with Crippen molar-refractivity contribution in [3.05, 3.63) is 29.3 Å². The molecule has 1 fully saturated rings. The van der Waals surface area contributed by atoms with Gasteiger partial charge >= 0.3 is 0 Å². The molecule has 2 N–H and O–H groups in total. The van der Waals surface area contributed by atoms with E-state index in [9.17, 15) is 4.79 Å². The topological polar surface area (TPSA) is 41.1 Å². The zero-order chi connectivity index (χ0) is 13.9. The Balaban J connectivity index is 2.08. The summed E-state index contributed by atoms with van der Waals surface area (Å²) in [7, 11) is 0. The second-order valence-corrected chi connectivity index (χ2v) is 6.11. The minimum Gasteiger partial charge on any atom is -0.324 e. The fraction of sp³-hybridized carbons (Fsp3) is 0.533. The maximum absolute atomic E-state index is 12.5. The third-order valence-corrected chi connectivity index (χ3v) is 4.35. The van der Waals surface area contributed by atoms with Crippen molar-refractivity contribution in [2.75, 3.05) is 18.4 Å². The summed E-state index contributed by atoms with van der Waals surface area (Å²) in [4.78, 5) is 12.5. The molecule has 1 aliphatic rings. The fourth-order valence-corrected chi connectivity index (χ4v) is 2.68. The van der Waals surface area contributed by atoms with Crippen LogP contribution in [0.3, 0.4) is 0 Å². The number of carbonyl (C=O) groups excluding carboxylic acids is 1. The van der Waals surface area contributed by atoms with Crippen molar-refractivity contribution in [3.63, 3.8) is 0 Å². The molecule has 3 nitrogen and oxygen atoms in total. The molecule has 1 heterocycles. The van der Waals surface area contributed by atoms with E-state index in [1.54, 1.807) is 6.07 Å². The summed E-state index contributed by atoms with van der Waals surface area (Å²) in [5.41, 5.74) is 0.290. The Hall–Kier alpha value is -1.06. The van der Waals surface area contributed by atoms with E-state index in [2.05, 4.69) is 10.6 Å². The number of para-hydroxylation sites is 1. The Labute approximate surface area is 119 Å². The van der Waals surface area contributed by atoms with Crippen LogP contribution in [0.4, 0.5) is 5.69 Å². The number of piperidine rings is 1. The van der Waals surface area contributed by atoms with E-state index in [0.29, 0.717) is 16.6 Å². The summed E-state index contributed by atoms with van der Waals surface area (Å²) in [5.74, 6) is 0.401. The lowest BCUT2D eigenvalue weighted by Gasteiger charge is -2.36. The van der Waals surface area contributed by atoms with Gasteiger partial charge in [-0.2, -0.15) is 0 Å². The first-order chi connectivity index (χ1) is 9.01. The number of anilines is 1. The zero-order valence-corrected chi connectivity index (χ0v) is 12.3. The van der Waals surface area contributed by atoms with Crippen LogP contribution in [0.2, 0.25) is 5.02 Å². The Morgan fingerprint density at radius 1 is 1.42 bits per heavy atom. The van der Waals surface area contributed by atoms with Crippen molar-refractivity contribution >= 4 is 23.2 Å². The minimum absolute atomic E-state index is 0.0364. The van der Waals surface area contributed by atoms with Crippen LogP contribution in [0.1, 0.15) is 26.7 Å². The second kappa shape index (κ2) is 5.93. The van der Waals surface area contributed by atoms with Crippen molar-refractivity contribution in [2.45, 2.75) is 26.7 Å². The van der Waals surface area contributed by atoms with Crippen LogP contribution in [-0.2, 0) is 4.79 Å². The first-order valence-electron chi connectivity index (χ1n) is 6.78. The van der Waals surface area contributed by atoms with Gasteiger partial charge in [-0.3, -0.25) is 4.79 Å². The van der Waals surface area contributed by atoms with Gasteiger partial charge in [0.1, 0.15) is 0 Å². The number of halogens is 1. The lowest BCUT2D eigenvalue weighted by atomic mass is 9.74. The van der Waals surface area contributed by atoms with E-state index < -0.39 is 5.41 Å². The molecule has 0 aliphatic carbocycles. The van der Waals surface area contributed by atoms with E-state index in [1.807, 2.05) is 32.0 Å². The highest BCUT2D eigenvalue weighted by Gasteiger charge is 2.37. The van der Waals surface area contributed by atoms with Gasteiger partial charge in [0.15, 0.2) is 0 Å². The maximum atomic E-state index is 12.5. The number of rotatable bonds is 3. The summed E-state index contributed by atoms with van der Waals surface area (Å²) in [5, 5.41) is 6.89. The molecule has 0 radical (unpaired) electrons. The van der Waals surface area contributed by atoms with Gasteiger partial charge in [-0.1, -0.05) is 37.6 Å². The monoisotopic (exact) mass is 280 g/mol. The molecule has 1 aliphatic heterocycles. The molecule has 19 heavy (non-hydrogen) atoms. The quantitative estimate of drug-likeness (QED) is 0.892. The van der Waals surface area contributed by atoms with E-state index >= 15 is 0 Å². The first kappa shape index (κ1) is 14.4. The number of nitrogens with one attached hydrogen (secondary N) is 2. The molecule has 0 spiro atoms. The van der Waals surface area contributed by atoms with Crippen molar-refractivity contribution in [3.8, 4) is 0 Å². The minimum atomic E-state index is -0.396. The predicted octanol–water partition coefficient (Wildman–Crippen LogP) is 3.30. The second-order valence-electron chi connectivity index (χ2n) is 5.70. The van der Waals surface area contributed by atoms with Gasteiger partial charge in [-0.05, 0) is 44.0 Å². The molecule has 4 heteroatoms. The van der Waals surface area contributed by atoms with Crippen LogP contribution >= 0.6 is 11.6 Å². The maximum Gasteiger partial charge on any atom is 0.230 e. The summed E-state index contributed by atoms with van der Waals surface area (Å²) in [6.45, 7) is 5.98. The van der Waals surface area contributed by atoms with Crippen LogP contribution < -0.4 is 10.6 Å². The first-order valence-corrected chi connectivity index (χ1v) is 7.16. The molecular formula is C15H21ClN2O. The van der Waals surface area contributed by atoms with Crippen LogP contribution in [0.5, 0.6) is 0 Å².